The van der Waals surface area contributed by atoms with E-state index in [4.69, 9.17) is 14.2 Å². The summed E-state index contributed by atoms with van der Waals surface area (Å²) in [5.74, 6) is 1.19. The number of piperidine rings is 1. The van der Waals surface area contributed by atoms with E-state index >= 15 is 0 Å². The fraction of sp³-hybridized carbons (Fsp3) is 0.424. The van der Waals surface area contributed by atoms with Gasteiger partial charge in [0.15, 0.2) is 0 Å². The Balaban J connectivity index is 1.02. The van der Waals surface area contributed by atoms with Gasteiger partial charge in [0.25, 0.3) is 5.91 Å². The Bertz CT molecular complexity index is 1260. The molecule has 0 spiro atoms. The first-order valence-electron chi connectivity index (χ1n) is 14.2. The van der Waals surface area contributed by atoms with Crippen molar-refractivity contribution in [1.29, 1.82) is 0 Å². The number of carbonyl (C=O) groups is 3. The highest BCUT2D eigenvalue weighted by molar-refractivity contribution is 6.24. The molecule has 0 atom stereocenters. The number of unbranched alkanes of at least 4 members (excludes halogenated alkanes) is 1. The summed E-state index contributed by atoms with van der Waals surface area (Å²) in [6.07, 6.45) is 5.89. The largest absolute Gasteiger partial charge is 0.494 e. The fourth-order valence-corrected chi connectivity index (χ4v) is 6.15. The Kier molecular flexibility index (Phi) is 8.68. The van der Waals surface area contributed by atoms with Crippen molar-refractivity contribution < 1.29 is 28.6 Å². The van der Waals surface area contributed by atoms with Crippen molar-refractivity contribution in [2.75, 3.05) is 33.9 Å². The molecular weight excluding hydrogens is 506 g/mol. The fourth-order valence-electron chi connectivity index (χ4n) is 6.15. The van der Waals surface area contributed by atoms with Gasteiger partial charge in [-0.1, -0.05) is 30.3 Å². The second-order valence-corrected chi connectivity index (χ2v) is 10.8. The lowest BCUT2D eigenvalue weighted by Gasteiger charge is -2.32. The third kappa shape index (κ3) is 5.83. The third-order valence-corrected chi connectivity index (χ3v) is 8.35. The molecule has 7 nitrogen and oxygen atoms in total. The highest BCUT2D eigenvalue weighted by Gasteiger charge is 2.41. The lowest BCUT2D eigenvalue weighted by molar-refractivity contribution is -0.121. The van der Waals surface area contributed by atoms with Crippen molar-refractivity contribution in [2.24, 2.45) is 5.92 Å². The number of nitrogens with zero attached hydrogens (tertiary/aromatic N) is 1. The quantitative estimate of drug-likeness (QED) is 0.286. The van der Waals surface area contributed by atoms with Gasteiger partial charge in [0.2, 0.25) is 23.1 Å². The second kappa shape index (κ2) is 12.5. The second-order valence-electron chi connectivity index (χ2n) is 10.8. The number of benzene rings is 2. The highest BCUT2D eigenvalue weighted by atomic mass is 16.5. The lowest BCUT2D eigenvalue weighted by Crippen LogP contribution is -2.37. The summed E-state index contributed by atoms with van der Waals surface area (Å²) < 4.78 is 16.2. The summed E-state index contributed by atoms with van der Waals surface area (Å²) in [6.45, 7) is 2.12. The third-order valence-electron chi connectivity index (χ3n) is 8.35. The van der Waals surface area contributed by atoms with E-state index in [1.54, 1.807) is 0 Å². The number of ketones is 2. The van der Waals surface area contributed by atoms with Gasteiger partial charge in [0.05, 0.1) is 20.8 Å². The predicted octanol–water partition coefficient (Wildman–Crippen LogP) is 5.62. The Labute approximate surface area is 235 Å². The van der Waals surface area contributed by atoms with Crippen LogP contribution in [0.3, 0.4) is 0 Å². The molecule has 1 amide bonds. The highest BCUT2D eigenvalue weighted by Crippen LogP contribution is 2.41. The number of likely N-dealkylation sites (tertiary alicyclic amines) is 1. The van der Waals surface area contributed by atoms with Crippen LogP contribution in [0.1, 0.15) is 66.8 Å². The van der Waals surface area contributed by atoms with Crippen molar-refractivity contribution in [2.45, 2.75) is 50.9 Å². The van der Waals surface area contributed by atoms with Gasteiger partial charge >= 0.3 is 0 Å². The monoisotopic (exact) mass is 543 g/mol. The number of hydrogen-bond donors (Lipinski definition) is 0. The molecular formula is C33H37NO6. The van der Waals surface area contributed by atoms with Crippen LogP contribution in [0.15, 0.2) is 77.3 Å². The molecule has 1 heterocycles. The average molecular weight is 544 g/mol. The molecule has 0 radical (unpaired) electrons. The Morgan fingerprint density at radius 1 is 0.825 bits per heavy atom. The van der Waals surface area contributed by atoms with Crippen LogP contribution in [0.2, 0.25) is 0 Å². The smallest absolute Gasteiger partial charge is 0.253 e. The van der Waals surface area contributed by atoms with E-state index in [2.05, 4.69) is 24.3 Å². The number of carbonyl (C=O) groups excluding carboxylic acids is 3. The van der Waals surface area contributed by atoms with Crippen LogP contribution in [-0.2, 0) is 19.1 Å². The van der Waals surface area contributed by atoms with Gasteiger partial charge < -0.3 is 19.1 Å². The number of ether oxygens (including phenoxy) is 3. The van der Waals surface area contributed by atoms with E-state index in [1.165, 1.54) is 19.8 Å². The van der Waals surface area contributed by atoms with Crippen LogP contribution in [0.4, 0.5) is 0 Å². The summed E-state index contributed by atoms with van der Waals surface area (Å²) >= 11 is 0. The predicted molar refractivity (Wildman–Crippen MR) is 151 cm³/mol. The standard InChI is InChI=1S/C33H37NO6/c1-38-31-29(35)27-20-22(21-28(27)30(36)32(31)39-2)8-6-7-19-40-26-13-11-25(12-14-26)33(37)34-17-15-24(16-18-34)23-9-4-3-5-10-23/h3-5,9-14,22,24H,6-8,15-21H2,1-2H3. The molecule has 5 rings (SSSR count). The maximum Gasteiger partial charge on any atom is 0.253 e. The van der Waals surface area contributed by atoms with Crippen molar-refractivity contribution in [1.82, 2.24) is 4.90 Å². The van der Waals surface area contributed by atoms with E-state index in [9.17, 15) is 14.4 Å². The van der Waals surface area contributed by atoms with Gasteiger partial charge in [-0.15, -0.1) is 0 Å². The molecule has 2 aromatic rings. The van der Waals surface area contributed by atoms with E-state index in [-0.39, 0.29) is 34.9 Å². The number of allylic oxidation sites excluding steroid dienone is 2. The maximum absolute atomic E-state index is 13.0. The van der Waals surface area contributed by atoms with Crippen LogP contribution in [-0.4, -0.2) is 56.3 Å². The number of hydrogen-bond acceptors (Lipinski definition) is 6. The van der Waals surface area contributed by atoms with Gasteiger partial charge in [0, 0.05) is 29.8 Å². The van der Waals surface area contributed by atoms with E-state index in [0.717, 1.165) is 50.9 Å². The van der Waals surface area contributed by atoms with Crippen molar-refractivity contribution >= 4 is 17.5 Å². The van der Waals surface area contributed by atoms with Crippen LogP contribution in [0.25, 0.3) is 0 Å². The minimum Gasteiger partial charge on any atom is -0.494 e. The summed E-state index contributed by atoms with van der Waals surface area (Å²) in [5, 5.41) is 0. The van der Waals surface area contributed by atoms with E-state index < -0.39 is 0 Å². The lowest BCUT2D eigenvalue weighted by atomic mass is 9.89. The van der Waals surface area contributed by atoms with Gasteiger partial charge in [0.1, 0.15) is 5.75 Å². The molecule has 2 aliphatic carbocycles. The van der Waals surface area contributed by atoms with Crippen LogP contribution >= 0.6 is 0 Å². The number of methoxy groups -OCH3 is 2. The minimum atomic E-state index is -0.224. The molecule has 210 valence electrons. The number of Topliss-reactive ketones (excluding diaryl/α,β-unsaturated/α-hetero) is 2. The molecule has 1 fully saturated rings. The van der Waals surface area contributed by atoms with Gasteiger partial charge in [-0.3, -0.25) is 14.4 Å². The van der Waals surface area contributed by atoms with Crippen LogP contribution in [0.5, 0.6) is 5.75 Å². The number of amides is 1. The molecule has 0 saturated carbocycles. The first-order valence-corrected chi connectivity index (χ1v) is 14.2. The van der Waals surface area contributed by atoms with Gasteiger partial charge in [-0.25, -0.2) is 0 Å². The van der Waals surface area contributed by atoms with Crippen LogP contribution in [0, 0.1) is 5.92 Å². The van der Waals surface area contributed by atoms with Crippen molar-refractivity contribution in [3.8, 4) is 5.75 Å². The van der Waals surface area contributed by atoms with Crippen molar-refractivity contribution in [3.05, 3.63) is 88.4 Å². The molecule has 40 heavy (non-hydrogen) atoms. The molecule has 0 bridgehead atoms. The Morgan fingerprint density at radius 3 is 2.00 bits per heavy atom. The average Bonchev–Trinajstić information content (AvgIpc) is 3.44. The molecule has 1 saturated heterocycles. The topological polar surface area (TPSA) is 82.1 Å². The molecule has 0 unspecified atom stereocenters. The molecule has 3 aliphatic rings. The maximum atomic E-state index is 13.0. The summed E-state index contributed by atoms with van der Waals surface area (Å²) in [5.41, 5.74) is 3.22. The summed E-state index contributed by atoms with van der Waals surface area (Å²) in [7, 11) is 2.78. The first kappa shape index (κ1) is 27.7. The number of rotatable bonds is 10. The van der Waals surface area contributed by atoms with Crippen molar-refractivity contribution in [3.63, 3.8) is 0 Å². The minimum absolute atomic E-state index is 0.0145. The molecule has 7 heteroatoms. The zero-order valence-corrected chi connectivity index (χ0v) is 23.3. The van der Waals surface area contributed by atoms with Gasteiger partial charge in [-0.2, -0.15) is 0 Å². The normalized spacial score (nSPS) is 18.3. The molecule has 1 aliphatic heterocycles. The molecule has 2 aromatic carbocycles. The first-order chi connectivity index (χ1) is 19.5. The Morgan fingerprint density at radius 2 is 1.43 bits per heavy atom. The van der Waals surface area contributed by atoms with Crippen LogP contribution < -0.4 is 4.74 Å². The zero-order chi connectivity index (χ0) is 28.1. The van der Waals surface area contributed by atoms with E-state index in [1.807, 2.05) is 35.2 Å². The SMILES string of the molecule is COC1=C(OC)C(=O)C2=C(CC(CCCCOc3ccc(C(=O)N4CCC(c5ccccc5)CC4)cc3)C2)C1=O. The van der Waals surface area contributed by atoms with E-state index in [0.29, 0.717) is 42.1 Å². The summed E-state index contributed by atoms with van der Waals surface area (Å²) in [4.78, 5) is 40.4. The molecule has 0 aromatic heterocycles. The van der Waals surface area contributed by atoms with Gasteiger partial charge in [-0.05, 0) is 86.6 Å². The Hall–Kier alpha value is -3.87. The summed E-state index contributed by atoms with van der Waals surface area (Å²) in [6, 6.07) is 18.0. The molecule has 0 N–H and O–H groups in total. The zero-order valence-electron chi connectivity index (χ0n) is 23.3.